The lowest BCUT2D eigenvalue weighted by molar-refractivity contribution is 0.0967. The highest BCUT2D eigenvalue weighted by atomic mass is 35.5. The fraction of sp³-hybridized carbons (Fsp3) is 0.318. The van der Waals surface area contributed by atoms with Crippen molar-refractivity contribution in [3.05, 3.63) is 53.1 Å². The Bertz CT molecular complexity index is 1320. The molecule has 2 heterocycles. The van der Waals surface area contributed by atoms with Gasteiger partial charge in [0, 0.05) is 12.6 Å². The molecule has 1 unspecified atom stereocenters. The molecule has 3 amide bonds. The lowest BCUT2D eigenvalue weighted by Gasteiger charge is -2.20. The van der Waals surface area contributed by atoms with Crippen LogP contribution in [-0.4, -0.2) is 54.6 Å². The van der Waals surface area contributed by atoms with Gasteiger partial charge in [-0.15, -0.1) is 0 Å². The van der Waals surface area contributed by atoms with E-state index in [0.29, 0.717) is 29.2 Å². The molecule has 1 atom stereocenters. The van der Waals surface area contributed by atoms with Crippen LogP contribution in [0.5, 0.6) is 0 Å². The van der Waals surface area contributed by atoms with Crippen molar-refractivity contribution in [2.24, 2.45) is 0 Å². The van der Waals surface area contributed by atoms with Crippen molar-refractivity contribution >= 4 is 60.1 Å². The van der Waals surface area contributed by atoms with Crippen LogP contribution in [0.2, 0.25) is 5.02 Å². The van der Waals surface area contributed by atoms with Crippen LogP contribution in [0.15, 0.2) is 47.4 Å². The van der Waals surface area contributed by atoms with Crippen molar-refractivity contribution in [3.8, 4) is 0 Å². The summed E-state index contributed by atoms with van der Waals surface area (Å²) in [5.74, 6) is -0.639. The number of carbonyl (C=O) groups excluding carboxylic acids is 2. The zero-order valence-corrected chi connectivity index (χ0v) is 20.4. The number of imide groups is 1. The SMILES string of the molecule is CC(C)N1CCC(S(=O)(=O)c2ccc3nc(NC(=O)NC(=O)c4ccccc4Cl)sc3c2)C1. The van der Waals surface area contributed by atoms with Crippen LogP contribution in [0, 0.1) is 0 Å². The van der Waals surface area contributed by atoms with Crippen molar-refractivity contribution in [3.63, 3.8) is 0 Å². The summed E-state index contributed by atoms with van der Waals surface area (Å²) in [6.07, 6.45) is 0.605. The molecule has 174 valence electrons. The number of aromatic nitrogens is 1. The van der Waals surface area contributed by atoms with Crippen LogP contribution < -0.4 is 10.6 Å². The van der Waals surface area contributed by atoms with Crippen molar-refractivity contribution in [2.75, 3.05) is 18.4 Å². The zero-order valence-electron chi connectivity index (χ0n) is 18.0. The average molecular weight is 507 g/mol. The van der Waals surface area contributed by atoms with Crippen LogP contribution in [0.4, 0.5) is 9.93 Å². The van der Waals surface area contributed by atoms with Gasteiger partial charge >= 0.3 is 6.03 Å². The van der Waals surface area contributed by atoms with E-state index in [1.165, 1.54) is 6.07 Å². The predicted molar refractivity (Wildman–Crippen MR) is 130 cm³/mol. The highest BCUT2D eigenvalue weighted by molar-refractivity contribution is 7.92. The number of amides is 3. The number of likely N-dealkylation sites (tertiary alicyclic amines) is 1. The first-order valence-corrected chi connectivity index (χ1v) is 13.1. The third-order valence-electron chi connectivity index (χ3n) is 5.60. The summed E-state index contributed by atoms with van der Waals surface area (Å²) in [6.45, 7) is 5.41. The van der Waals surface area contributed by atoms with Gasteiger partial charge in [-0.25, -0.2) is 18.2 Å². The van der Waals surface area contributed by atoms with Crippen LogP contribution in [0.3, 0.4) is 0 Å². The molecule has 0 spiro atoms. The Morgan fingerprint density at radius 2 is 1.97 bits per heavy atom. The Hall–Kier alpha value is -2.53. The number of thiazole rings is 1. The van der Waals surface area contributed by atoms with E-state index < -0.39 is 27.0 Å². The van der Waals surface area contributed by atoms with E-state index in [9.17, 15) is 18.0 Å². The monoisotopic (exact) mass is 506 g/mol. The average Bonchev–Trinajstić information content (AvgIpc) is 3.40. The minimum atomic E-state index is -3.48. The fourth-order valence-electron chi connectivity index (χ4n) is 3.75. The highest BCUT2D eigenvalue weighted by Gasteiger charge is 2.35. The Labute approximate surface area is 200 Å². The Morgan fingerprint density at radius 1 is 1.21 bits per heavy atom. The van der Waals surface area contributed by atoms with E-state index in [2.05, 4.69) is 34.4 Å². The Balaban J connectivity index is 1.47. The first-order valence-electron chi connectivity index (χ1n) is 10.4. The van der Waals surface area contributed by atoms with E-state index in [1.54, 1.807) is 36.4 Å². The van der Waals surface area contributed by atoms with Crippen molar-refractivity contribution < 1.29 is 18.0 Å². The number of benzene rings is 2. The number of nitrogens with zero attached hydrogens (tertiary/aromatic N) is 2. The Morgan fingerprint density at radius 3 is 2.67 bits per heavy atom. The number of hydrogen-bond donors (Lipinski definition) is 2. The van der Waals surface area contributed by atoms with E-state index in [4.69, 9.17) is 11.6 Å². The largest absolute Gasteiger partial charge is 0.327 e. The molecule has 1 aliphatic rings. The van der Waals surface area contributed by atoms with Gasteiger partial charge in [0.1, 0.15) is 0 Å². The summed E-state index contributed by atoms with van der Waals surface area (Å²) in [4.78, 5) is 31.2. The zero-order chi connectivity index (χ0) is 23.8. The highest BCUT2D eigenvalue weighted by Crippen LogP contribution is 2.31. The summed E-state index contributed by atoms with van der Waals surface area (Å²) in [5.41, 5.74) is 0.735. The van der Waals surface area contributed by atoms with E-state index in [1.807, 2.05) is 0 Å². The lowest BCUT2D eigenvalue weighted by atomic mass is 10.2. The van der Waals surface area contributed by atoms with Crippen molar-refractivity contribution in [1.82, 2.24) is 15.2 Å². The van der Waals surface area contributed by atoms with Gasteiger partial charge in [0.2, 0.25) is 0 Å². The van der Waals surface area contributed by atoms with Crippen LogP contribution >= 0.6 is 22.9 Å². The molecule has 11 heteroatoms. The van der Waals surface area contributed by atoms with Gasteiger partial charge < -0.3 is 0 Å². The minimum Gasteiger partial charge on any atom is -0.300 e. The fourth-order valence-corrected chi connectivity index (χ4v) is 6.67. The van der Waals surface area contributed by atoms with E-state index in [0.717, 1.165) is 17.9 Å². The number of sulfone groups is 1. The summed E-state index contributed by atoms with van der Waals surface area (Å²) in [6, 6.07) is 10.7. The first-order chi connectivity index (χ1) is 15.6. The molecule has 33 heavy (non-hydrogen) atoms. The number of fused-ring (bicyclic) bond motifs is 1. The molecule has 1 saturated heterocycles. The lowest BCUT2D eigenvalue weighted by Crippen LogP contribution is -2.34. The predicted octanol–water partition coefficient (Wildman–Crippen LogP) is 4.17. The van der Waals surface area contributed by atoms with Gasteiger partial charge in [0.25, 0.3) is 5.91 Å². The van der Waals surface area contributed by atoms with Crippen LogP contribution in [-0.2, 0) is 9.84 Å². The maximum Gasteiger partial charge on any atom is 0.327 e. The summed E-state index contributed by atoms with van der Waals surface area (Å²) < 4.78 is 26.9. The molecular weight excluding hydrogens is 484 g/mol. The van der Waals surface area contributed by atoms with Crippen LogP contribution in [0.25, 0.3) is 10.2 Å². The first kappa shape index (κ1) is 23.6. The van der Waals surface area contributed by atoms with Crippen molar-refractivity contribution in [1.29, 1.82) is 0 Å². The molecule has 0 saturated carbocycles. The summed E-state index contributed by atoms with van der Waals surface area (Å²) in [5, 5.41) is 4.77. The van der Waals surface area contributed by atoms with Gasteiger partial charge in [-0.3, -0.25) is 20.3 Å². The number of rotatable bonds is 5. The van der Waals surface area contributed by atoms with Crippen LogP contribution in [0.1, 0.15) is 30.6 Å². The third kappa shape index (κ3) is 5.03. The van der Waals surface area contributed by atoms with Gasteiger partial charge in [-0.2, -0.15) is 0 Å². The molecule has 2 N–H and O–H groups in total. The molecule has 0 aliphatic carbocycles. The topological polar surface area (TPSA) is 108 Å². The number of nitrogens with one attached hydrogen (secondary N) is 2. The molecule has 3 aromatic rings. The third-order valence-corrected chi connectivity index (χ3v) is 9.04. The molecule has 0 bridgehead atoms. The van der Waals surface area contributed by atoms with Crippen molar-refractivity contribution in [2.45, 2.75) is 36.5 Å². The van der Waals surface area contributed by atoms with E-state index in [-0.39, 0.29) is 20.6 Å². The number of urea groups is 1. The molecule has 0 radical (unpaired) electrons. The van der Waals surface area contributed by atoms with Gasteiger partial charge in [-0.05, 0) is 57.1 Å². The second kappa shape index (κ2) is 9.38. The molecule has 1 fully saturated rings. The number of carbonyl (C=O) groups is 2. The second-order valence-electron chi connectivity index (χ2n) is 8.08. The summed E-state index contributed by atoms with van der Waals surface area (Å²) in [7, 11) is -3.48. The van der Waals surface area contributed by atoms with Gasteiger partial charge in [-0.1, -0.05) is 35.1 Å². The number of halogens is 1. The summed E-state index contributed by atoms with van der Waals surface area (Å²) >= 11 is 7.12. The molecule has 1 aromatic heterocycles. The Kier molecular flexibility index (Phi) is 6.71. The minimum absolute atomic E-state index is 0.177. The number of anilines is 1. The quantitative estimate of drug-likeness (QED) is 0.537. The van der Waals surface area contributed by atoms with E-state index >= 15 is 0 Å². The molecule has 8 nitrogen and oxygen atoms in total. The second-order valence-corrected chi connectivity index (χ2v) is 11.7. The molecular formula is C22H23ClN4O4S2. The maximum atomic E-state index is 13.1. The number of hydrogen-bond acceptors (Lipinski definition) is 7. The van der Waals surface area contributed by atoms with Gasteiger partial charge in [0.05, 0.1) is 30.9 Å². The van der Waals surface area contributed by atoms with Gasteiger partial charge in [0.15, 0.2) is 15.0 Å². The molecule has 2 aromatic carbocycles. The molecule has 4 rings (SSSR count). The standard InChI is InChI=1S/C22H23ClN4O4S2/c1-13(2)27-10-9-15(12-27)33(30,31)14-7-8-18-19(11-14)32-22(24-18)26-21(29)25-20(28)16-5-3-4-6-17(16)23/h3-8,11,13,15H,9-10,12H2,1-2H3,(H2,24,25,26,28,29). The normalized spacial score (nSPS) is 16.9. The maximum absolute atomic E-state index is 13.1. The smallest absolute Gasteiger partial charge is 0.300 e. The molecule has 1 aliphatic heterocycles.